The van der Waals surface area contributed by atoms with Crippen molar-refractivity contribution in [3.63, 3.8) is 0 Å². The lowest BCUT2D eigenvalue weighted by Crippen LogP contribution is -2.41. The van der Waals surface area contributed by atoms with Gasteiger partial charge in [0.25, 0.3) is 0 Å². The normalized spacial score (nSPS) is 13.4. The highest BCUT2D eigenvalue weighted by Crippen LogP contribution is 2.17. The summed E-state index contributed by atoms with van der Waals surface area (Å²) in [5.74, 6) is -1.04. The highest BCUT2D eigenvalue weighted by molar-refractivity contribution is 7.89. The van der Waals surface area contributed by atoms with Gasteiger partial charge in [-0.25, -0.2) is 8.42 Å². The molecule has 0 saturated heterocycles. The summed E-state index contributed by atoms with van der Waals surface area (Å²) in [5.41, 5.74) is 0.995. The van der Waals surface area contributed by atoms with E-state index < -0.39 is 28.6 Å². The minimum absolute atomic E-state index is 0.00564. The first-order valence-corrected chi connectivity index (χ1v) is 7.72. The third-order valence-corrected chi connectivity index (χ3v) is 4.36. The van der Waals surface area contributed by atoms with E-state index in [0.29, 0.717) is 0 Å². The second kappa shape index (κ2) is 6.83. The maximum atomic E-state index is 12.0. The van der Waals surface area contributed by atoms with Gasteiger partial charge in [0, 0.05) is 6.61 Å². The van der Waals surface area contributed by atoms with Crippen molar-refractivity contribution in [3.8, 4) is 0 Å². The van der Waals surface area contributed by atoms with Crippen molar-refractivity contribution < 1.29 is 23.4 Å². The summed E-state index contributed by atoms with van der Waals surface area (Å²) in [6, 6.07) is 4.93. The Kier molecular flexibility index (Phi) is 5.67. The van der Waals surface area contributed by atoms with E-state index in [2.05, 4.69) is 4.72 Å². The Morgan fingerprint density at radius 3 is 2.20 bits per heavy atom. The fourth-order valence-electron chi connectivity index (χ4n) is 1.65. The smallest absolute Gasteiger partial charge is 0.321 e. The zero-order chi connectivity index (χ0) is 15.3. The maximum absolute atomic E-state index is 12.0. The van der Waals surface area contributed by atoms with Crippen molar-refractivity contribution in [1.29, 1.82) is 0 Å². The molecule has 1 atom stereocenters. The monoisotopic (exact) mass is 301 g/mol. The van der Waals surface area contributed by atoms with Crippen LogP contribution in [0.3, 0.4) is 0 Å². The Balaban J connectivity index is 2.95. The van der Waals surface area contributed by atoms with E-state index in [1.165, 1.54) is 12.1 Å². The first-order chi connectivity index (χ1) is 9.27. The number of rotatable bonds is 7. The SMILES string of the molecule is CC(C)c1ccc(S(=O)(=O)N[C@@H](CCO)C(=O)O)cc1. The minimum atomic E-state index is -3.91. The van der Waals surface area contributed by atoms with Crippen LogP contribution in [0.15, 0.2) is 29.2 Å². The van der Waals surface area contributed by atoms with E-state index in [-0.39, 0.29) is 17.2 Å². The molecule has 0 fully saturated rings. The van der Waals surface area contributed by atoms with Crippen molar-refractivity contribution in [2.45, 2.75) is 37.1 Å². The van der Waals surface area contributed by atoms with Gasteiger partial charge in [0.15, 0.2) is 0 Å². The Hall–Kier alpha value is -1.44. The quantitative estimate of drug-likeness (QED) is 0.695. The Morgan fingerprint density at radius 1 is 1.25 bits per heavy atom. The second-order valence-electron chi connectivity index (χ2n) is 4.75. The number of aliphatic hydroxyl groups is 1. The van der Waals surface area contributed by atoms with Crippen LogP contribution in [-0.2, 0) is 14.8 Å². The van der Waals surface area contributed by atoms with Gasteiger partial charge in [-0.2, -0.15) is 4.72 Å². The number of hydrogen-bond donors (Lipinski definition) is 3. The van der Waals surface area contributed by atoms with E-state index in [1.807, 2.05) is 13.8 Å². The van der Waals surface area contributed by atoms with Gasteiger partial charge in [0.1, 0.15) is 6.04 Å². The third kappa shape index (κ3) is 4.29. The zero-order valence-electron chi connectivity index (χ0n) is 11.4. The first kappa shape index (κ1) is 16.6. The number of carboxylic acid groups (broad SMARTS) is 1. The number of carboxylic acids is 1. The first-order valence-electron chi connectivity index (χ1n) is 6.24. The average Bonchev–Trinajstić information content (AvgIpc) is 2.38. The molecule has 7 heteroatoms. The molecule has 3 N–H and O–H groups in total. The molecule has 1 aromatic carbocycles. The number of sulfonamides is 1. The van der Waals surface area contributed by atoms with Crippen LogP contribution in [-0.4, -0.2) is 37.2 Å². The molecule has 0 aliphatic heterocycles. The third-order valence-electron chi connectivity index (χ3n) is 2.87. The van der Waals surface area contributed by atoms with E-state index in [4.69, 9.17) is 10.2 Å². The average molecular weight is 301 g/mol. The van der Waals surface area contributed by atoms with Crippen LogP contribution in [0.25, 0.3) is 0 Å². The van der Waals surface area contributed by atoms with Gasteiger partial charge in [-0.05, 0) is 30.0 Å². The van der Waals surface area contributed by atoms with Crippen LogP contribution >= 0.6 is 0 Å². The number of aliphatic hydroxyl groups excluding tert-OH is 1. The molecule has 6 nitrogen and oxygen atoms in total. The molecule has 0 unspecified atom stereocenters. The predicted octanol–water partition coefficient (Wildman–Crippen LogP) is 0.924. The summed E-state index contributed by atoms with van der Waals surface area (Å²) in [6.45, 7) is 3.57. The molecule has 0 bridgehead atoms. The van der Waals surface area contributed by atoms with E-state index >= 15 is 0 Å². The molecule has 0 heterocycles. The Bertz CT molecular complexity index is 551. The molecule has 0 aliphatic rings. The summed E-state index contributed by atoms with van der Waals surface area (Å²) >= 11 is 0. The van der Waals surface area contributed by atoms with Gasteiger partial charge >= 0.3 is 5.97 Å². The highest BCUT2D eigenvalue weighted by Gasteiger charge is 2.24. The van der Waals surface area contributed by atoms with Crippen LogP contribution in [0.1, 0.15) is 31.7 Å². The number of nitrogens with one attached hydrogen (secondary N) is 1. The molecule has 1 rings (SSSR count). The molecule has 1 aromatic rings. The van der Waals surface area contributed by atoms with Gasteiger partial charge in [-0.15, -0.1) is 0 Å². The van der Waals surface area contributed by atoms with Crippen molar-refractivity contribution in [2.24, 2.45) is 0 Å². The van der Waals surface area contributed by atoms with Crippen LogP contribution in [0.2, 0.25) is 0 Å². The minimum Gasteiger partial charge on any atom is -0.480 e. The van der Waals surface area contributed by atoms with Crippen molar-refractivity contribution in [3.05, 3.63) is 29.8 Å². The van der Waals surface area contributed by atoms with Gasteiger partial charge in [0.2, 0.25) is 10.0 Å². The van der Waals surface area contributed by atoms with Crippen molar-refractivity contribution >= 4 is 16.0 Å². The van der Waals surface area contributed by atoms with Crippen LogP contribution in [0.4, 0.5) is 0 Å². The summed E-state index contributed by atoms with van der Waals surface area (Å²) in [4.78, 5) is 10.9. The summed E-state index contributed by atoms with van der Waals surface area (Å²) in [6.07, 6.45) is -0.182. The maximum Gasteiger partial charge on any atom is 0.321 e. The zero-order valence-corrected chi connectivity index (χ0v) is 12.2. The standard InChI is InChI=1S/C13H19NO5S/c1-9(2)10-3-5-11(6-4-10)20(18,19)14-12(7-8-15)13(16)17/h3-6,9,12,14-15H,7-8H2,1-2H3,(H,16,17)/t12-/m0/s1. The molecule has 20 heavy (non-hydrogen) atoms. The second-order valence-corrected chi connectivity index (χ2v) is 6.46. The molecule has 112 valence electrons. The number of aliphatic carboxylic acids is 1. The van der Waals surface area contributed by atoms with E-state index in [0.717, 1.165) is 5.56 Å². The molecule has 0 saturated carbocycles. The predicted molar refractivity (Wildman–Crippen MR) is 74.0 cm³/mol. The van der Waals surface area contributed by atoms with Crippen LogP contribution in [0.5, 0.6) is 0 Å². The van der Waals surface area contributed by atoms with Crippen LogP contribution in [0, 0.1) is 0 Å². The lowest BCUT2D eigenvalue weighted by Gasteiger charge is -2.14. The lowest BCUT2D eigenvalue weighted by molar-refractivity contribution is -0.139. The van der Waals surface area contributed by atoms with E-state index in [1.54, 1.807) is 12.1 Å². The molecular weight excluding hydrogens is 282 g/mol. The number of carbonyl (C=O) groups is 1. The molecule has 0 radical (unpaired) electrons. The van der Waals surface area contributed by atoms with Crippen molar-refractivity contribution in [2.75, 3.05) is 6.61 Å². The fourth-order valence-corrected chi connectivity index (χ4v) is 2.87. The largest absolute Gasteiger partial charge is 0.480 e. The molecule has 0 spiro atoms. The summed E-state index contributed by atoms with van der Waals surface area (Å²) in [5, 5.41) is 17.6. The lowest BCUT2D eigenvalue weighted by atomic mass is 10.0. The van der Waals surface area contributed by atoms with Gasteiger partial charge < -0.3 is 10.2 Å². The van der Waals surface area contributed by atoms with Crippen LogP contribution < -0.4 is 4.72 Å². The Morgan fingerprint density at radius 2 is 1.80 bits per heavy atom. The van der Waals surface area contributed by atoms with E-state index in [9.17, 15) is 13.2 Å². The fraction of sp³-hybridized carbons (Fsp3) is 0.462. The Labute approximate surface area is 118 Å². The molecule has 0 aliphatic carbocycles. The van der Waals surface area contributed by atoms with Crippen molar-refractivity contribution in [1.82, 2.24) is 4.72 Å². The molecular formula is C13H19NO5S. The molecule has 0 amide bonds. The van der Waals surface area contributed by atoms with Gasteiger partial charge in [0.05, 0.1) is 4.90 Å². The number of benzene rings is 1. The topological polar surface area (TPSA) is 104 Å². The highest BCUT2D eigenvalue weighted by atomic mass is 32.2. The summed E-state index contributed by atoms with van der Waals surface area (Å²) in [7, 11) is -3.91. The van der Waals surface area contributed by atoms with Gasteiger partial charge in [-0.3, -0.25) is 4.79 Å². The van der Waals surface area contributed by atoms with Gasteiger partial charge in [-0.1, -0.05) is 26.0 Å². The number of hydrogen-bond acceptors (Lipinski definition) is 4. The molecule has 0 aromatic heterocycles. The summed E-state index contributed by atoms with van der Waals surface area (Å²) < 4.78 is 26.2.